The average Bonchev–Trinajstić information content (AvgIpc) is 2.69. The van der Waals surface area contributed by atoms with Gasteiger partial charge in [-0.3, -0.25) is 9.59 Å². The lowest BCUT2D eigenvalue weighted by molar-refractivity contribution is -0.136. The predicted molar refractivity (Wildman–Crippen MR) is 57.2 cm³/mol. The van der Waals surface area contributed by atoms with E-state index >= 15 is 0 Å². The third kappa shape index (κ3) is 1.93. The van der Waals surface area contributed by atoms with E-state index in [1.807, 2.05) is 18.2 Å². The number of carbonyl (C=O) groups is 2. The van der Waals surface area contributed by atoms with Crippen molar-refractivity contribution in [1.29, 1.82) is 0 Å². The number of nitrogens with zero attached hydrogens (tertiary/aromatic N) is 2. The summed E-state index contributed by atoms with van der Waals surface area (Å²) < 4.78 is 1.25. The quantitative estimate of drug-likeness (QED) is 0.848. The first-order valence-electron chi connectivity index (χ1n) is 4.86. The Kier molecular flexibility index (Phi) is 2.68. The molecule has 82 valence electrons. The zero-order valence-corrected chi connectivity index (χ0v) is 8.46. The van der Waals surface area contributed by atoms with E-state index in [0.29, 0.717) is 5.52 Å². The maximum atomic E-state index is 11.7. The molecule has 0 saturated carbocycles. The second kappa shape index (κ2) is 4.14. The van der Waals surface area contributed by atoms with Crippen molar-refractivity contribution in [2.75, 3.05) is 0 Å². The molecule has 0 aliphatic carbocycles. The highest BCUT2D eigenvalue weighted by Gasteiger charge is 2.11. The van der Waals surface area contributed by atoms with Gasteiger partial charge in [0.15, 0.2) is 0 Å². The maximum absolute atomic E-state index is 11.7. The molecule has 0 unspecified atom stereocenters. The minimum Gasteiger partial charge on any atom is -0.481 e. The van der Waals surface area contributed by atoms with Gasteiger partial charge >= 0.3 is 5.97 Å². The number of hydrogen-bond acceptors (Lipinski definition) is 3. The summed E-state index contributed by atoms with van der Waals surface area (Å²) in [6.07, 6.45) is 1.38. The molecule has 0 spiro atoms. The number of carboxylic acids is 1. The molecule has 5 nitrogen and oxygen atoms in total. The van der Waals surface area contributed by atoms with Crippen molar-refractivity contribution in [1.82, 2.24) is 9.78 Å². The van der Waals surface area contributed by atoms with Crippen LogP contribution in [0.4, 0.5) is 0 Å². The SMILES string of the molecule is O=C(O)CCC(=O)n1ncc2ccccc21. The molecule has 0 atom stereocenters. The van der Waals surface area contributed by atoms with Crippen LogP contribution in [-0.2, 0) is 4.79 Å². The van der Waals surface area contributed by atoms with Crippen LogP contribution in [0.5, 0.6) is 0 Å². The van der Waals surface area contributed by atoms with E-state index in [1.165, 1.54) is 4.68 Å². The number of aromatic nitrogens is 2. The van der Waals surface area contributed by atoms with Gasteiger partial charge in [0.2, 0.25) is 5.91 Å². The van der Waals surface area contributed by atoms with Crippen LogP contribution in [0, 0.1) is 0 Å². The first-order valence-corrected chi connectivity index (χ1v) is 4.86. The monoisotopic (exact) mass is 218 g/mol. The maximum Gasteiger partial charge on any atom is 0.303 e. The summed E-state index contributed by atoms with van der Waals surface area (Å²) in [5.41, 5.74) is 0.706. The van der Waals surface area contributed by atoms with Gasteiger partial charge in [-0.2, -0.15) is 5.10 Å². The summed E-state index contributed by atoms with van der Waals surface area (Å²) in [4.78, 5) is 22.0. The number of benzene rings is 1. The van der Waals surface area contributed by atoms with Gasteiger partial charge in [0, 0.05) is 11.8 Å². The van der Waals surface area contributed by atoms with Crippen LogP contribution in [0.3, 0.4) is 0 Å². The van der Waals surface area contributed by atoms with Crippen LogP contribution in [0.25, 0.3) is 10.9 Å². The molecule has 1 N–H and O–H groups in total. The van der Waals surface area contributed by atoms with Crippen molar-refractivity contribution in [2.45, 2.75) is 12.8 Å². The largest absolute Gasteiger partial charge is 0.481 e. The molecular formula is C11H10N2O3. The Hall–Kier alpha value is -2.17. The van der Waals surface area contributed by atoms with Crippen LogP contribution in [0.1, 0.15) is 17.6 Å². The fraction of sp³-hybridized carbons (Fsp3) is 0.182. The van der Waals surface area contributed by atoms with E-state index in [1.54, 1.807) is 12.3 Å². The van der Waals surface area contributed by atoms with E-state index in [2.05, 4.69) is 5.10 Å². The summed E-state index contributed by atoms with van der Waals surface area (Å²) in [7, 11) is 0. The summed E-state index contributed by atoms with van der Waals surface area (Å²) in [5, 5.41) is 13.3. The second-order valence-corrected chi connectivity index (χ2v) is 3.40. The molecule has 2 rings (SSSR count). The molecule has 0 radical (unpaired) electrons. The molecular weight excluding hydrogens is 208 g/mol. The van der Waals surface area contributed by atoms with Gasteiger partial charge < -0.3 is 5.11 Å². The Morgan fingerprint density at radius 3 is 2.75 bits per heavy atom. The second-order valence-electron chi connectivity index (χ2n) is 3.40. The first kappa shape index (κ1) is 10.4. The third-order valence-electron chi connectivity index (χ3n) is 2.27. The molecule has 0 aliphatic rings. The Balaban J connectivity index is 2.26. The van der Waals surface area contributed by atoms with Crippen molar-refractivity contribution >= 4 is 22.8 Å². The molecule has 1 aromatic carbocycles. The summed E-state index contributed by atoms with van der Waals surface area (Å²) in [6, 6.07) is 7.30. The number of carboxylic acid groups (broad SMARTS) is 1. The highest BCUT2D eigenvalue weighted by atomic mass is 16.4. The summed E-state index contributed by atoms with van der Waals surface area (Å²) in [6.45, 7) is 0. The van der Waals surface area contributed by atoms with E-state index in [4.69, 9.17) is 5.11 Å². The number of rotatable bonds is 3. The van der Waals surface area contributed by atoms with E-state index in [9.17, 15) is 9.59 Å². The highest BCUT2D eigenvalue weighted by Crippen LogP contribution is 2.13. The molecule has 0 aliphatic heterocycles. The van der Waals surface area contributed by atoms with Crippen LogP contribution in [0.15, 0.2) is 30.5 Å². The Morgan fingerprint density at radius 1 is 1.25 bits per heavy atom. The Labute approximate surface area is 91.3 Å². The van der Waals surface area contributed by atoms with Crippen molar-refractivity contribution < 1.29 is 14.7 Å². The number of fused-ring (bicyclic) bond motifs is 1. The van der Waals surface area contributed by atoms with Gasteiger partial charge in [0.05, 0.1) is 18.1 Å². The smallest absolute Gasteiger partial charge is 0.303 e. The standard InChI is InChI=1S/C11H10N2O3/c14-10(5-6-11(15)16)13-9-4-2-1-3-8(9)7-12-13/h1-4,7H,5-6H2,(H,15,16). The minimum absolute atomic E-state index is 0.0407. The predicted octanol–water partition coefficient (Wildman–Crippen LogP) is 1.54. The Bertz CT molecular complexity index is 545. The lowest BCUT2D eigenvalue weighted by atomic mass is 10.2. The van der Waals surface area contributed by atoms with Crippen LogP contribution < -0.4 is 0 Å². The van der Waals surface area contributed by atoms with Gasteiger partial charge in [0.1, 0.15) is 0 Å². The molecule has 0 bridgehead atoms. The minimum atomic E-state index is -0.982. The van der Waals surface area contributed by atoms with E-state index in [-0.39, 0.29) is 18.7 Å². The molecule has 2 aromatic rings. The van der Waals surface area contributed by atoms with Crippen molar-refractivity contribution in [3.63, 3.8) is 0 Å². The average molecular weight is 218 g/mol. The number of aliphatic carboxylic acids is 1. The fourth-order valence-corrected chi connectivity index (χ4v) is 1.49. The van der Waals surface area contributed by atoms with Crippen molar-refractivity contribution in [2.24, 2.45) is 0 Å². The van der Waals surface area contributed by atoms with Crippen LogP contribution in [0.2, 0.25) is 0 Å². The number of carbonyl (C=O) groups excluding carboxylic acids is 1. The summed E-state index contributed by atoms with van der Waals surface area (Å²) >= 11 is 0. The van der Waals surface area contributed by atoms with Gasteiger partial charge in [0.25, 0.3) is 0 Å². The molecule has 5 heteroatoms. The number of para-hydroxylation sites is 1. The lowest BCUT2D eigenvalue weighted by Gasteiger charge is -2.00. The third-order valence-corrected chi connectivity index (χ3v) is 2.27. The lowest BCUT2D eigenvalue weighted by Crippen LogP contribution is -2.13. The first-order chi connectivity index (χ1) is 7.68. The van der Waals surface area contributed by atoms with Crippen LogP contribution in [-0.4, -0.2) is 26.8 Å². The molecule has 1 aromatic heterocycles. The molecule has 0 saturated heterocycles. The number of hydrogen-bond donors (Lipinski definition) is 1. The highest BCUT2D eigenvalue weighted by molar-refractivity contribution is 5.91. The zero-order valence-electron chi connectivity index (χ0n) is 8.46. The fourth-order valence-electron chi connectivity index (χ4n) is 1.49. The van der Waals surface area contributed by atoms with Crippen LogP contribution >= 0.6 is 0 Å². The van der Waals surface area contributed by atoms with E-state index in [0.717, 1.165) is 5.39 Å². The topological polar surface area (TPSA) is 72.2 Å². The molecule has 1 heterocycles. The Morgan fingerprint density at radius 2 is 2.00 bits per heavy atom. The van der Waals surface area contributed by atoms with Gasteiger partial charge in [-0.25, -0.2) is 4.68 Å². The van der Waals surface area contributed by atoms with Crippen molar-refractivity contribution in [3.8, 4) is 0 Å². The van der Waals surface area contributed by atoms with E-state index < -0.39 is 5.97 Å². The molecule has 0 amide bonds. The van der Waals surface area contributed by atoms with Crippen molar-refractivity contribution in [3.05, 3.63) is 30.5 Å². The van der Waals surface area contributed by atoms with Gasteiger partial charge in [-0.15, -0.1) is 0 Å². The summed E-state index contributed by atoms with van der Waals surface area (Å²) in [5.74, 6) is -1.28. The van der Waals surface area contributed by atoms with Gasteiger partial charge in [-0.05, 0) is 6.07 Å². The molecule has 0 fully saturated rings. The molecule has 16 heavy (non-hydrogen) atoms. The van der Waals surface area contributed by atoms with Gasteiger partial charge in [-0.1, -0.05) is 18.2 Å². The zero-order chi connectivity index (χ0) is 11.5. The normalized spacial score (nSPS) is 10.5.